The minimum absolute atomic E-state index is 0.348. The van der Waals surface area contributed by atoms with Gasteiger partial charge in [0.15, 0.2) is 11.6 Å². The SMILES string of the molecule is NCC1(c2cc(F)c(O)c(C(=O)O)c2)CCCC1. The lowest BCUT2D eigenvalue weighted by atomic mass is 9.78. The Kier molecular flexibility index (Phi) is 3.26. The van der Waals surface area contributed by atoms with Gasteiger partial charge in [0.25, 0.3) is 0 Å². The number of nitrogens with two attached hydrogens (primary N) is 1. The molecule has 0 atom stereocenters. The molecule has 1 saturated carbocycles. The van der Waals surface area contributed by atoms with Crippen LogP contribution in [0.5, 0.6) is 5.75 Å². The Morgan fingerprint density at radius 2 is 2.00 bits per heavy atom. The highest BCUT2D eigenvalue weighted by molar-refractivity contribution is 5.91. The van der Waals surface area contributed by atoms with Crippen molar-refractivity contribution in [3.63, 3.8) is 0 Å². The molecule has 0 radical (unpaired) electrons. The minimum atomic E-state index is -1.33. The predicted molar refractivity (Wildman–Crippen MR) is 64.2 cm³/mol. The quantitative estimate of drug-likeness (QED) is 0.769. The fourth-order valence-corrected chi connectivity index (χ4v) is 2.73. The molecule has 0 bridgehead atoms. The minimum Gasteiger partial charge on any atom is -0.504 e. The van der Waals surface area contributed by atoms with Crippen LogP contribution in [0.2, 0.25) is 0 Å². The van der Waals surface area contributed by atoms with Gasteiger partial charge in [0, 0.05) is 12.0 Å². The van der Waals surface area contributed by atoms with Gasteiger partial charge in [-0.25, -0.2) is 9.18 Å². The largest absolute Gasteiger partial charge is 0.504 e. The normalized spacial score (nSPS) is 17.9. The van der Waals surface area contributed by atoms with Crippen molar-refractivity contribution in [2.24, 2.45) is 5.73 Å². The number of hydrogen-bond donors (Lipinski definition) is 3. The van der Waals surface area contributed by atoms with E-state index < -0.39 is 23.1 Å². The molecule has 5 heteroatoms. The Morgan fingerprint density at radius 3 is 2.50 bits per heavy atom. The zero-order valence-electron chi connectivity index (χ0n) is 9.95. The molecule has 0 aliphatic heterocycles. The summed E-state index contributed by atoms with van der Waals surface area (Å²) in [4.78, 5) is 11.0. The lowest BCUT2D eigenvalue weighted by molar-refractivity contribution is 0.0692. The summed E-state index contributed by atoms with van der Waals surface area (Å²) >= 11 is 0. The third-order valence-corrected chi connectivity index (χ3v) is 3.86. The van der Waals surface area contributed by atoms with Crippen molar-refractivity contribution in [3.8, 4) is 5.75 Å². The lowest BCUT2D eigenvalue weighted by Crippen LogP contribution is -2.32. The Balaban J connectivity index is 2.54. The number of halogens is 1. The monoisotopic (exact) mass is 253 g/mol. The highest BCUT2D eigenvalue weighted by atomic mass is 19.1. The van der Waals surface area contributed by atoms with E-state index in [4.69, 9.17) is 10.8 Å². The van der Waals surface area contributed by atoms with Crippen LogP contribution >= 0.6 is 0 Å². The fourth-order valence-electron chi connectivity index (χ4n) is 2.73. The van der Waals surface area contributed by atoms with Crippen molar-refractivity contribution in [2.45, 2.75) is 31.1 Å². The lowest BCUT2D eigenvalue weighted by Gasteiger charge is -2.28. The van der Waals surface area contributed by atoms with E-state index in [9.17, 15) is 14.3 Å². The molecule has 1 aliphatic carbocycles. The Hall–Kier alpha value is -1.62. The number of rotatable bonds is 3. The van der Waals surface area contributed by atoms with E-state index >= 15 is 0 Å². The van der Waals surface area contributed by atoms with E-state index in [2.05, 4.69) is 0 Å². The molecule has 1 aromatic rings. The van der Waals surface area contributed by atoms with Crippen molar-refractivity contribution >= 4 is 5.97 Å². The van der Waals surface area contributed by atoms with E-state index in [0.29, 0.717) is 12.1 Å². The number of phenols is 1. The number of hydrogen-bond acceptors (Lipinski definition) is 3. The van der Waals surface area contributed by atoms with Gasteiger partial charge in [-0.1, -0.05) is 12.8 Å². The van der Waals surface area contributed by atoms with E-state index in [0.717, 1.165) is 25.7 Å². The van der Waals surface area contributed by atoms with Crippen molar-refractivity contribution in [2.75, 3.05) is 6.54 Å². The first kappa shape index (κ1) is 12.8. The maximum Gasteiger partial charge on any atom is 0.339 e. The molecule has 98 valence electrons. The summed E-state index contributed by atoms with van der Waals surface area (Å²) < 4.78 is 13.6. The van der Waals surface area contributed by atoms with Gasteiger partial charge in [-0.2, -0.15) is 0 Å². The molecule has 0 aromatic heterocycles. The second kappa shape index (κ2) is 4.57. The predicted octanol–water partition coefficient (Wildman–Crippen LogP) is 2.00. The van der Waals surface area contributed by atoms with E-state index in [-0.39, 0.29) is 5.41 Å². The van der Waals surface area contributed by atoms with Crippen LogP contribution in [0.1, 0.15) is 41.6 Å². The van der Waals surface area contributed by atoms with Crippen LogP contribution in [0, 0.1) is 5.82 Å². The van der Waals surface area contributed by atoms with Gasteiger partial charge in [0.2, 0.25) is 0 Å². The van der Waals surface area contributed by atoms with Crippen LogP contribution in [0.3, 0.4) is 0 Å². The number of carboxylic acid groups (broad SMARTS) is 1. The number of carbonyl (C=O) groups is 1. The summed E-state index contributed by atoms with van der Waals surface area (Å²) in [5, 5.41) is 18.4. The van der Waals surface area contributed by atoms with Gasteiger partial charge >= 0.3 is 5.97 Å². The third kappa shape index (κ3) is 1.95. The summed E-state index contributed by atoms with van der Waals surface area (Å²) in [5.74, 6) is -3.04. The average molecular weight is 253 g/mol. The maximum atomic E-state index is 13.6. The van der Waals surface area contributed by atoms with E-state index in [1.807, 2.05) is 0 Å². The van der Waals surface area contributed by atoms with Gasteiger partial charge in [-0.15, -0.1) is 0 Å². The molecule has 1 aromatic carbocycles. The molecular weight excluding hydrogens is 237 g/mol. The second-order valence-electron chi connectivity index (χ2n) is 4.85. The molecule has 4 nitrogen and oxygen atoms in total. The van der Waals surface area contributed by atoms with Crippen LogP contribution in [-0.2, 0) is 5.41 Å². The van der Waals surface area contributed by atoms with Gasteiger partial charge in [-0.3, -0.25) is 0 Å². The second-order valence-corrected chi connectivity index (χ2v) is 4.85. The number of benzene rings is 1. The van der Waals surface area contributed by atoms with E-state index in [1.54, 1.807) is 0 Å². The van der Waals surface area contributed by atoms with Gasteiger partial charge in [0.05, 0.1) is 0 Å². The van der Waals surface area contributed by atoms with E-state index in [1.165, 1.54) is 12.1 Å². The third-order valence-electron chi connectivity index (χ3n) is 3.86. The van der Waals surface area contributed by atoms with Crippen molar-refractivity contribution < 1.29 is 19.4 Å². The first-order valence-electron chi connectivity index (χ1n) is 5.96. The molecule has 0 amide bonds. The van der Waals surface area contributed by atoms with Crippen LogP contribution in [-0.4, -0.2) is 22.7 Å². The van der Waals surface area contributed by atoms with Crippen LogP contribution < -0.4 is 5.73 Å². The van der Waals surface area contributed by atoms with Crippen LogP contribution in [0.4, 0.5) is 4.39 Å². The Labute approximate surface area is 104 Å². The Bertz CT molecular complexity index is 481. The average Bonchev–Trinajstić information content (AvgIpc) is 2.82. The molecule has 18 heavy (non-hydrogen) atoms. The molecule has 0 heterocycles. The summed E-state index contributed by atoms with van der Waals surface area (Å²) in [6.45, 7) is 0.357. The maximum absolute atomic E-state index is 13.6. The van der Waals surface area contributed by atoms with Crippen LogP contribution in [0.25, 0.3) is 0 Å². The summed E-state index contributed by atoms with van der Waals surface area (Å²) in [5.41, 5.74) is 5.61. The van der Waals surface area contributed by atoms with Crippen LogP contribution in [0.15, 0.2) is 12.1 Å². The summed E-state index contributed by atoms with van der Waals surface area (Å²) in [6.07, 6.45) is 3.66. The highest BCUT2D eigenvalue weighted by Gasteiger charge is 2.35. The highest BCUT2D eigenvalue weighted by Crippen LogP contribution is 2.42. The molecule has 1 aliphatic rings. The Morgan fingerprint density at radius 1 is 1.39 bits per heavy atom. The van der Waals surface area contributed by atoms with Gasteiger partial charge in [-0.05, 0) is 30.5 Å². The number of aromatic carboxylic acids is 1. The van der Waals surface area contributed by atoms with Gasteiger partial charge in [0.1, 0.15) is 5.56 Å². The molecule has 0 saturated heterocycles. The molecule has 0 unspecified atom stereocenters. The molecular formula is C13H16FNO3. The molecule has 1 fully saturated rings. The number of aromatic hydroxyl groups is 1. The first-order chi connectivity index (χ1) is 8.50. The standard InChI is InChI=1S/C13H16FNO3/c14-10-6-8(5-9(11(10)16)12(17)18)13(7-15)3-1-2-4-13/h5-6,16H,1-4,7,15H2,(H,17,18). The zero-order chi connectivity index (χ0) is 13.3. The molecule has 4 N–H and O–H groups in total. The molecule has 2 rings (SSSR count). The topological polar surface area (TPSA) is 83.5 Å². The smallest absolute Gasteiger partial charge is 0.339 e. The van der Waals surface area contributed by atoms with Crippen molar-refractivity contribution in [1.82, 2.24) is 0 Å². The summed E-state index contributed by atoms with van der Waals surface area (Å²) in [7, 11) is 0. The van der Waals surface area contributed by atoms with Crippen molar-refractivity contribution in [1.29, 1.82) is 0 Å². The zero-order valence-corrected chi connectivity index (χ0v) is 9.95. The summed E-state index contributed by atoms with van der Waals surface area (Å²) in [6, 6.07) is 2.55. The van der Waals surface area contributed by atoms with Crippen molar-refractivity contribution in [3.05, 3.63) is 29.1 Å². The molecule has 0 spiro atoms. The fraction of sp³-hybridized carbons (Fsp3) is 0.462. The first-order valence-corrected chi connectivity index (χ1v) is 5.96. The van der Waals surface area contributed by atoms with Gasteiger partial charge < -0.3 is 15.9 Å². The number of carboxylic acids is 1.